The molecule has 20 heavy (non-hydrogen) atoms. The molecule has 0 bridgehead atoms. The molecule has 2 aromatic rings. The summed E-state index contributed by atoms with van der Waals surface area (Å²) in [5.74, 6) is 1.55. The molecule has 0 N–H and O–H groups in total. The highest BCUT2D eigenvalue weighted by atomic mass is 79.9. The highest BCUT2D eigenvalue weighted by molar-refractivity contribution is 9.09. The molecule has 4 heteroatoms. The van der Waals surface area contributed by atoms with Crippen molar-refractivity contribution < 1.29 is 9.53 Å². The summed E-state index contributed by atoms with van der Waals surface area (Å²) in [6, 6.07) is 15.0. The van der Waals surface area contributed by atoms with Crippen molar-refractivity contribution in [1.29, 1.82) is 0 Å². The average molecular weight is 397 g/mol. The number of carbonyl (C=O) groups excluding carboxylic acids is 1. The number of ketones is 1. The van der Waals surface area contributed by atoms with Crippen molar-refractivity contribution in [1.82, 2.24) is 0 Å². The van der Waals surface area contributed by atoms with Crippen molar-refractivity contribution in [2.75, 3.05) is 10.7 Å². The first-order valence-corrected chi connectivity index (χ1v) is 8.33. The van der Waals surface area contributed by atoms with Gasteiger partial charge in [0, 0.05) is 17.3 Å². The van der Waals surface area contributed by atoms with Gasteiger partial charge in [-0.15, -0.1) is 0 Å². The molecule has 0 heterocycles. The van der Waals surface area contributed by atoms with Crippen LogP contribution in [0.1, 0.15) is 15.9 Å². The van der Waals surface area contributed by atoms with Crippen molar-refractivity contribution in [3.63, 3.8) is 0 Å². The summed E-state index contributed by atoms with van der Waals surface area (Å²) < 4.78 is 5.73. The fourth-order valence-electron chi connectivity index (χ4n) is 1.68. The Balaban J connectivity index is 2.04. The zero-order valence-corrected chi connectivity index (χ0v) is 13.9. The summed E-state index contributed by atoms with van der Waals surface area (Å²) in [7, 11) is 0. The molecular weight excluding hydrogens is 384 g/mol. The monoisotopic (exact) mass is 395 g/mol. The fourth-order valence-corrected chi connectivity index (χ4v) is 2.38. The Kier molecular flexibility index (Phi) is 5.80. The van der Waals surface area contributed by atoms with E-state index in [2.05, 4.69) is 38.3 Å². The van der Waals surface area contributed by atoms with E-state index < -0.39 is 0 Å². The van der Waals surface area contributed by atoms with Gasteiger partial charge in [-0.05, 0) is 42.0 Å². The van der Waals surface area contributed by atoms with E-state index >= 15 is 0 Å². The SMILES string of the molecule is O=C(CBr)c1ccc(Oc2ccc([CH]CBr)cc2)cc1. The highest BCUT2D eigenvalue weighted by Crippen LogP contribution is 2.22. The van der Waals surface area contributed by atoms with Crippen LogP contribution >= 0.6 is 31.9 Å². The Hall–Kier alpha value is -1.13. The predicted octanol–water partition coefficient (Wildman–Crippen LogP) is 5.00. The lowest BCUT2D eigenvalue weighted by Gasteiger charge is -2.07. The lowest BCUT2D eigenvalue weighted by Crippen LogP contribution is -1.99. The topological polar surface area (TPSA) is 26.3 Å². The Morgan fingerprint density at radius 1 is 0.950 bits per heavy atom. The van der Waals surface area contributed by atoms with Gasteiger partial charge in [-0.1, -0.05) is 44.0 Å². The van der Waals surface area contributed by atoms with Crippen LogP contribution in [0.4, 0.5) is 0 Å². The highest BCUT2D eigenvalue weighted by Gasteiger charge is 2.04. The number of ether oxygens (including phenoxy) is 1. The summed E-state index contributed by atoms with van der Waals surface area (Å²) in [5, 5.41) is 1.16. The Labute approximate surface area is 135 Å². The van der Waals surface area contributed by atoms with Crippen LogP contribution in [0.25, 0.3) is 0 Å². The molecule has 0 fully saturated rings. The van der Waals surface area contributed by atoms with Gasteiger partial charge in [0.05, 0.1) is 5.33 Å². The number of carbonyl (C=O) groups is 1. The first-order valence-electron chi connectivity index (χ1n) is 6.09. The van der Waals surface area contributed by atoms with Crippen LogP contribution in [-0.4, -0.2) is 16.4 Å². The number of halogens is 2. The van der Waals surface area contributed by atoms with Crippen LogP contribution in [0.3, 0.4) is 0 Å². The van der Waals surface area contributed by atoms with E-state index in [-0.39, 0.29) is 5.78 Å². The van der Waals surface area contributed by atoms with Gasteiger partial charge in [0.2, 0.25) is 0 Å². The number of hydrogen-bond acceptors (Lipinski definition) is 2. The summed E-state index contributed by atoms with van der Waals surface area (Å²) in [4.78, 5) is 11.5. The zero-order valence-electron chi connectivity index (χ0n) is 10.7. The third kappa shape index (κ3) is 4.18. The Bertz CT molecular complexity index is 562. The number of alkyl halides is 2. The average Bonchev–Trinajstić information content (AvgIpc) is 2.49. The van der Waals surface area contributed by atoms with Crippen LogP contribution in [-0.2, 0) is 0 Å². The fraction of sp³-hybridized carbons (Fsp3) is 0.125. The number of Topliss-reactive ketones (excluding diaryl/α,β-unsaturated/α-hetero) is 1. The van der Waals surface area contributed by atoms with Gasteiger partial charge >= 0.3 is 0 Å². The maximum atomic E-state index is 11.5. The lowest BCUT2D eigenvalue weighted by molar-refractivity contribution is 0.102. The van der Waals surface area contributed by atoms with E-state index in [0.717, 1.165) is 16.6 Å². The van der Waals surface area contributed by atoms with Gasteiger partial charge in [0.1, 0.15) is 11.5 Å². The maximum Gasteiger partial charge on any atom is 0.173 e. The van der Waals surface area contributed by atoms with Crippen LogP contribution in [0.15, 0.2) is 48.5 Å². The molecule has 0 saturated heterocycles. The predicted molar refractivity (Wildman–Crippen MR) is 88.3 cm³/mol. The van der Waals surface area contributed by atoms with Crippen molar-refractivity contribution in [3.8, 4) is 11.5 Å². The minimum absolute atomic E-state index is 0.0613. The van der Waals surface area contributed by atoms with Crippen LogP contribution < -0.4 is 4.74 Å². The largest absolute Gasteiger partial charge is 0.457 e. The molecule has 0 amide bonds. The molecular formula is C16H13Br2O2. The molecule has 1 radical (unpaired) electrons. The first kappa shape index (κ1) is 15.3. The second-order valence-electron chi connectivity index (χ2n) is 4.11. The van der Waals surface area contributed by atoms with E-state index in [1.165, 1.54) is 0 Å². The Morgan fingerprint density at radius 2 is 1.50 bits per heavy atom. The third-order valence-corrected chi connectivity index (χ3v) is 3.56. The summed E-state index contributed by atoms with van der Waals surface area (Å²) in [5.41, 5.74) is 1.82. The van der Waals surface area contributed by atoms with E-state index in [1.54, 1.807) is 24.3 Å². The molecule has 0 saturated carbocycles. The molecule has 0 spiro atoms. The Morgan fingerprint density at radius 3 is 2.00 bits per heavy atom. The van der Waals surface area contributed by atoms with Gasteiger partial charge in [0.25, 0.3) is 0 Å². The van der Waals surface area contributed by atoms with Gasteiger partial charge in [-0.3, -0.25) is 4.79 Å². The van der Waals surface area contributed by atoms with Gasteiger partial charge < -0.3 is 4.74 Å². The van der Waals surface area contributed by atoms with E-state index in [0.29, 0.717) is 16.6 Å². The van der Waals surface area contributed by atoms with E-state index in [4.69, 9.17) is 4.74 Å². The molecule has 2 rings (SSSR count). The van der Waals surface area contributed by atoms with Crippen LogP contribution in [0, 0.1) is 6.42 Å². The molecule has 0 aliphatic heterocycles. The first-order chi connectivity index (χ1) is 9.72. The van der Waals surface area contributed by atoms with Gasteiger partial charge in [-0.2, -0.15) is 0 Å². The van der Waals surface area contributed by atoms with Gasteiger partial charge in [-0.25, -0.2) is 0 Å². The van der Waals surface area contributed by atoms with Crippen molar-refractivity contribution in [3.05, 3.63) is 66.1 Å². The minimum atomic E-state index is 0.0613. The summed E-state index contributed by atoms with van der Waals surface area (Å²) >= 11 is 6.52. The summed E-state index contributed by atoms with van der Waals surface area (Å²) in [6.45, 7) is 0. The van der Waals surface area contributed by atoms with Crippen LogP contribution in [0.5, 0.6) is 11.5 Å². The smallest absolute Gasteiger partial charge is 0.173 e. The zero-order chi connectivity index (χ0) is 14.4. The molecule has 103 valence electrons. The molecule has 0 aliphatic rings. The van der Waals surface area contributed by atoms with Crippen molar-refractivity contribution >= 4 is 37.6 Å². The quantitative estimate of drug-likeness (QED) is 0.507. The number of hydrogen-bond donors (Lipinski definition) is 0. The van der Waals surface area contributed by atoms with Crippen molar-refractivity contribution in [2.24, 2.45) is 0 Å². The third-order valence-electron chi connectivity index (χ3n) is 2.73. The number of rotatable bonds is 6. The van der Waals surface area contributed by atoms with Gasteiger partial charge in [0.15, 0.2) is 5.78 Å². The van der Waals surface area contributed by atoms with E-state index in [9.17, 15) is 4.79 Å². The van der Waals surface area contributed by atoms with Crippen molar-refractivity contribution in [2.45, 2.75) is 0 Å². The maximum absolute atomic E-state index is 11.5. The second-order valence-corrected chi connectivity index (χ2v) is 5.32. The number of benzene rings is 2. The molecule has 0 unspecified atom stereocenters. The standard InChI is InChI=1S/C16H13Br2O2/c17-10-9-12-1-5-14(6-2-12)20-15-7-3-13(4-8-15)16(19)11-18/h1-9H,10-11H2. The second kappa shape index (κ2) is 7.60. The van der Waals surface area contributed by atoms with E-state index in [1.807, 2.05) is 24.3 Å². The molecule has 0 aliphatic carbocycles. The molecule has 2 nitrogen and oxygen atoms in total. The van der Waals surface area contributed by atoms with Crippen LogP contribution in [0.2, 0.25) is 0 Å². The summed E-state index contributed by atoms with van der Waals surface area (Å²) in [6.07, 6.45) is 2.07. The lowest BCUT2D eigenvalue weighted by atomic mass is 10.1. The minimum Gasteiger partial charge on any atom is -0.457 e. The molecule has 0 aromatic heterocycles. The normalized spacial score (nSPS) is 10.3. The molecule has 2 aromatic carbocycles. The molecule has 0 atom stereocenters.